The molecule has 24 heavy (non-hydrogen) atoms. The molecule has 1 aromatic rings. The second-order valence-electron chi connectivity index (χ2n) is 5.69. The fourth-order valence-electron chi connectivity index (χ4n) is 2.61. The van der Waals surface area contributed by atoms with Crippen molar-refractivity contribution in [2.24, 2.45) is 0 Å². The first-order chi connectivity index (χ1) is 11.5. The Kier molecular flexibility index (Phi) is 6.62. The number of carbonyl (C=O) groups is 2. The molecule has 1 atom stereocenters. The van der Waals surface area contributed by atoms with Crippen LogP contribution >= 0.6 is 0 Å². The lowest BCUT2D eigenvalue weighted by molar-refractivity contribution is -0.136. The van der Waals surface area contributed by atoms with Gasteiger partial charge in [-0.15, -0.1) is 0 Å². The number of likely N-dealkylation sites (tertiary alicyclic amines) is 1. The minimum absolute atomic E-state index is 0.0272. The number of rotatable bonds is 5. The highest BCUT2D eigenvalue weighted by molar-refractivity contribution is 6.39. The van der Waals surface area contributed by atoms with Gasteiger partial charge in [0.15, 0.2) is 11.6 Å². The van der Waals surface area contributed by atoms with Crippen molar-refractivity contribution in [3.8, 4) is 0 Å². The fraction of sp³-hybridized carbons (Fsp3) is 0.500. The maximum absolute atomic E-state index is 13.1. The third kappa shape index (κ3) is 5.24. The summed E-state index contributed by atoms with van der Waals surface area (Å²) < 4.78 is 31.0. The first-order valence-corrected chi connectivity index (χ1v) is 7.78. The van der Waals surface area contributed by atoms with Crippen LogP contribution < -0.4 is 10.6 Å². The van der Waals surface area contributed by atoms with E-state index in [-0.39, 0.29) is 11.7 Å². The van der Waals surface area contributed by atoms with Crippen molar-refractivity contribution in [1.29, 1.82) is 0 Å². The van der Waals surface area contributed by atoms with Gasteiger partial charge in [-0.3, -0.25) is 14.5 Å². The smallest absolute Gasteiger partial charge is 0.313 e. The number of halogens is 2. The third-order valence-corrected chi connectivity index (χ3v) is 3.84. The summed E-state index contributed by atoms with van der Waals surface area (Å²) in [6, 6.07) is 2.78. The molecule has 0 bridgehead atoms. The normalized spacial score (nSPS) is 18.2. The number of amides is 2. The molecule has 1 heterocycles. The molecule has 0 radical (unpaired) electrons. The van der Waals surface area contributed by atoms with E-state index >= 15 is 0 Å². The molecule has 1 saturated heterocycles. The summed E-state index contributed by atoms with van der Waals surface area (Å²) in [5.41, 5.74) is 0.0272. The molecule has 1 fully saturated rings. The molecule has 1 aliphatic heterocycles. The lowest BCUT2D eigenvalue weighted by Gasteiger charge is -2.32. The van der Waals surface area contributed by atoms with Crippen molar-refractivity contribution in [3.05, 3.63) is 29.8 Å². The van der Waals surface area contributed by atoms with E-state index in [1.54, 1.807) is 7.11 Å². The summed E-state index contributed by atoms with van der Waals surface area (Å²) in [7, 11) is 1.63. The Morgan fingerprint density at radius 1 is 1.29 bits per heavy atom. The number of nitrogens with zero attached hydrogens (tertiary/aromatic N) is 1. The second-order valence-corrected chi connectivity index (χ2v) is 5.69. The van der Waals surface area contributed by atoms with Crippen molar-refractivity contribution in [3.63, 3.8) is 0 Å². The van der Waals surface area contributed by atoms with E-state index < -0.39 is 23.4 Å². The molecule has 132 valence electrons. The van der Waals surface area contributed by atoms with E-state index in [9.17, 15) is 18.4 Å². The van der Waals surface area contributed by atoms with Crippen molar-refractivity contribution in [2.75, 3.05) is 38.7 Å². The molecule has 0 aromatic heterocycles. The molecule has 6 nitrogen and oxygen atoms in total. The van der Waals surface area contributed by atoms with Gasteiger partial charge >= 0.3 is 11.8 Å². The molecule has 0 aliphatic carbocycles. The second kappa shape index (κ2) is 8.70. The molecule has 2 amide bonds. The van der Waals surface area contributed by atoms with Crippen LogP contribution in [0.5, 0.6) is 0 Å². The van der Waals surface area contributed by atoms with Crippen molar-refractivity contribution < 1.29 is 23.1 Å². The van der Waals surface area contributed by atoms with Gasteiger partial charge in [-0.25, -0.2) is 8.78 Å². The fourth-order valence-corrected chi connectivity index (χ4v) is 2.61. The highest BCUT2D eigenvalue weighted by atomic mass is 19.2. The van der Waals surface area contributed by atoms with Gasteiger partial charge in [0.1, 0.15) is 0 Å². The molecule has 2 rings (SSSR count). The summed E-state index contributed by atoms with van der Waals surface area (Å²) in [6.07, 6.45) is 1.70. The average Bonchev–Trinajstić information content (AvgIpc) is 2.56. The van der Waals surface area contributed by atoms with Crippen LogP contribution in [0.3, 0.4) is 0 Å². The van der Waals surface area contributed by atoms with Crippen LogP contribution in [0, 0.1) is 11.6 Å². The van der Waals surface area contributed by atoms with Gasteiger partial charge in [-0.05, 0) is 31.5 Å². The van der Waals surface area contributed by atoms with E-state index in [0.717, 1.165) is 38.1 Å². The standard InChI is InChI=1S/C16H21F2N3O3/c1-24-8-7-21-6-2-3-12(10-21)20-16(23)15(22)19-11-4-5-13(17)14(18)9-11/h4-5,9,12H,2-3,6-8,10H2,1H3,(H,19,22)(H,20,23)/t12-/m0/s1. The third-order valence-electron chi connectivity index (χ3n) is 3.84. The topological polar surface area (TPSA) is 70.7 Å². The maximum Gasteiger partial charge on any atom is 0.313 e. The zero-order chi connectivity index (χ0) is 17.5. The molecule has 0 spiro atoms. The molecule has 2 N–H and O–H groups in total. The van der Waals surface area contributed by atoms with Crippen LogP contribution in [0.25, 0.3) is 0 Å². The number of piperidine rings is 1. The number of ether oxygens (including phenoxy) is 1. The molecule has 1 aromatic carbocycles. The Morgan fingerprint density at radius 2 is 2.08 bits per heavy atom. The lowest BCUT2D eigenvalue weighted by Crippen LogP contribution is -2.50. The predicted molar refractivity (Wildman–Crippen MR) is 84.5 cm³/mol. The number of benzene rings is 1. The van der Waals surface area contributed by atoms with E-state index in [1.807, 2.05) is 0 Å². The van der Waals surface area contributed by atoms with Gasteiger partial charge in [0.25, 0.3) is 0 Å². The van der Waals surface area contributed by atoms with Crippen molar-refractivity contribution in [1.82, 2.24) is 10.2 Å². The molecule has 0 saturated carbocycles. The molecular formula is C16H21F2N3O3. The Balaban J connectivity index is 1.84. The maximum atomic E-state index is 13.1. The number of carbonyl (C=O) groups excluding carboxylic acids is 2. The quantitative estimate of drug-likeness (QED) is 0.788. The van der Waals surface area contributed by atoms with Crippen molar-refractivity contribution >= 4 is 17.5 Å². The van der Waals surface area contributed by atoms with Crippen molar-refractivity contribution in [2.45, 2.75) is 18.9 Å². The minimum atomic E-state index is -1.09. The highest BCUT2D eigenvalue weighted by Gasteiger charge is 2.24. The monoisotopic (exact) mass is 341 g/mol. The van der Waals surface area contributed by atoms with Gasteiger partial charge in [0.05, 0.1) is 6.61 Å². The van der Waals surface area contributed by atoms with Gasteiger partial charge in [0.2, 0.25) is 0 Å². The Hall–Kier alpha value is -2.06. The number of nitrogens with one attached hydrogen (secondary N) is 2. The number of methoxy groups -OCH3 is 1. The molecule has 8 heteroatoms. The predicted octanol–water partition coefficient (Wildman–Crippen LogP) is 1.13. The summed E-state index contributed by atoms with van der Waals surface area (Å²) in [4.78, 5) is 26.0. The van der Waals surface area contributed by atoms with Gasteiger partial charge < -0.3 is 15.4 Å². The zero-order valence-corrected chi connectivity index (χ0v) is 13.5. The van der Waals surface area contributed by atoms with Crippen LogP contribution in [0.15, 0.2) is 18.2 Å². The SMILES string of the molecule is COCCN1CCC[C@H](NC(=O)C(=O)Nc2ccc(F)c(F)c2)C1. The van der Waals surface area contributed by atoms with Gasteiger partial charge in [-0.2, -0.15) is 0 Å². The Morgan fingerprint density at radius 3 is 2.79 bits per heavy atom. The summed E-state index contributed by atoms with van der Waals surface area (Å²) >= 11 is 0. The average molecular weight is 341 g/mol. The van der Waals surface area contributed by atoms with Crippen LogP contribution in [0.1, 0.15) is 12.8 Å². The summed E-state index contributed by atoms with van der Waals surface area (Å²) in [5.74, 6) is -3.81. The van der Waals surface area contributed by atoms with Gasteiger partial charge in [0, 0.05) is 38.0 Å². The first kappa shape index (κ1) is 18.3. The number of hydrogen-bond donors (Lipinski definition) is 2. The van der Waals surface area contributed by atoms with E-state index in [0.29, 0.717) is 13.2 Å². The molecule has 0 unspecified atom stereocenters. The lowest BCUT2D eigenvalue weighted by atomic mass is 10.1. The largest absolute Gasteiger partial charge is 0.383 e. The number of hydrogen-bond acceptors (Lipinski definition) is 4. The first-order valence-electron chi connectivity index (χ1n) is 7.78. The van der Waals surface area contributed by atoms with E-state index in [2.05, 4.69) is 15.5 Å². The minimum Gasteiger partial charge on any atom is -0.383 e. The molecular weight excluding hydrogens is 320 g/mol. The van der Waals surface area contributed by atoms with Crippen LogP contribution in [-0.2, 0) is 14.3 Å². The highest BCUT2D eigenvalue weighted by Crippen LogP contribution is 2.13. The zero-order valence-electron chi connectivity index (χ0n) is 13.5. The van der Waals surface area contributed by atoms with Gasteiger partial charge in [-0.1, -0.05) is 0 Å². The van der Waals surface area contributed by atoms with Crippen LogP contribution in [0.4, 0.5) is 14.5 Å². The van der Waals surface area contributed by atoms with Crippen LogP contribution in [-0.4, -0.2) is 56.1 Å². The Labute approximate surface area is 139 Å². The number of anilines is 1. The van der Waals surface area contributed by atoms with Crippen LogP contribution in [0.2, 0.25) is 0 Å². The Bertz CT molecular complexity index is 598. The summed E-state index contributed by atoms with van der Waals surface area (Å²) in [6.45, 7) is 2.95. The van der Waals surface area contributed by atoms with E-state index in [4.69, 9.17) is 4.74 Å². The molecule has 1 aliphatic rings. The summed E-state index contributed by atoms with van der Waals surface area (Å²) in [5, 5.41) is 4.92. The van der Waals surface area contributed by atoms with E-state index in [1.165, 1.54) is 6.07 Å².